The number of benzene rings is 1. The van der Waals surface area contributed by atoms with Gasteiger partial charge in [0.05, 0.1) is 6.61 Å². The molecule has 1 aromatic carbocycles. The van der Waals surface area contributed by atoms with Crippen molar-refractivity contribution in [2.45, 2.75) is 58.2 Å². The minimum absolute atomic E-state index is 0.154. The van der Waals surface area contributed by atoms with E-state index >= 15 is 0 Å². The van der Waals surface area contributed by atoms with Gasteiger partial charge in [-0.2, -0.15) is 0 Å². The minimum atomic E-state index is 0.154. The first-order chi connectivity index (χ1) is 12.8. The second-order valence-corrected chi connectivity index (χ2v) is 8.52. The maximum absolute atomic E-state index is 9.44. The molecule has 0 radical (unpaired) electrons. The Bertz CT molecular complexity index is 675. The monoisotopic (exact) mass is 352 g/mol. The van der Waals surface area contributed by atoms with Gasteiger partial charge in [-0.05, 0) is 80.6 Å². The summed E-state index contributed by atoms with van der Waals surface area (Å²) in [5.74, 6) is 0.778. The van der Waals surface area contributed by atoms with E-state index in [4.69, 9.17) is 0 Å². The summed E-state index contributed by atoms with van der Waals surface area (Å²) in [6.45, 7) is 4.86. The lowest BCUT2D eigenvalue weighted by atomic mass is 9.65. The van der Waals surface area contributed by atoms with Crippen LogP contribution in [0.1, 0.15) is 49.8 Å². The van der Waals surface area contributed by atoms with Crippen molar-refractivity contribution in [2.24, 2.45) is 11.3 Å². The molecule has 1 saturated carbocycles. The van der Waals surface area contributed by atoms with Gasteiger partial charge >= 0.3 is 0 Å². The Hall–Kier alpha value is -1.58. The number of rotatable bonds is 5. The number of aliphatic hydroxyl groups excluding tert-OH is 1. The Morgan fingerprint density at radius 1 is 0.923 bits per heavy atom. The first-order valence-electron chi connectivity index (χ1n) is 10.3. The van der Waals surface area contributed by atoms with Crippen molar-refractivity contribution in [2.75, 3.05) is 13.1 Å². The average Bonchev–Trinajstić information content (AvgIpc) is 3.14. The summed E-state index contributed by atoms with van der Waals surface area (Å²) in [4.78, 5) is 2.64. The number of nitrogens with zero attached hydrogens (tertiary/aromatic N) is 2. The molecule has 1 aromatic heterocycles. The molecule has 0 bridgehead atoms. The lowest BCUT2D eigenvalue weighted by Crippen LogP contribution is -2.41. The predicted molar refractivity (Wildman–Crippen MR) is 106 cm³/mol. The van der Waals surface area contributed by atoms with Crippen molar-refractivity contribution in [1.29, 1.82) is 0 Å². The SMILES string of the molecule is OCc1cccn1CC1CCC2(CC1)CCN(Cc1ccccc1)CC2. The van der Waals surface area contributed by atoms with E-state index < -0.39 is 0 Å². The van der Waals surface area contributed by atoms with Crippen molar-refractivity contribution >= 4 is 0 Å². The first-order valence-corrected chi connectivity index (χ1v) is 10.3. The molecule has 4 rings (SSSR count). The molecule has 140 valence electrons. The highest BCUT2D eigenvalue weighted by atomic mass is 16.3. The molecule has 1 N–H and O–H groups in total. The molecule has 3 nitrogen and oxygen atoms in total. The van der Waals surface area contributed by atoms with Gasteiger partial charge in [0.15, 0.2) is 0 Å². The van der Waals surface area contributed by atoms with Gasteiger partial charge in [0.25, 0.3) is 0 Å². The maximum atomic E-state index is 9.44. The van der Waals surface area contributed by atoms with E-state index in [1.165, 1.54) is 57.2 Å². The van der Waals surface area contributed by atoms with Crippen LogP contribution >= 0.6 is 0 Å². The zero-order valence-corrected chi connectivity index (χ0v) is 15.8. The number of hydrogen-bond donors (Lipinski definition) is 1. The van der Waals surface area contributed by atoms with E-state index in [1.54, 1.807) is 0 Å². The topological polar surface area (TPSA) is 28.4 Å². The van der Waals surface area contributed by atoms with Crippen molar-refractivity contribution in [3.05, 3.63) is 59.9 Å². The molecule has 0 unspecified atom stereocenters. The van der Waals surface area contributed by atoms with Crippen LogP contribution in [0.25, 0.3) is 0 Å². The van der Waals surface area contributed by atoms with Gasteiger partial charge in [0.1, 0.15) is 0 Å². The van der Waals surface area contributed by atoms with Crippen LogP contribution in [0.5, 0.6) is 0 Å². The van der Waals surface area contributed by atoms with Crippen LogP contribution in [0.3, 0.4) is 0 Å². The summed E-state index contributed by atoms with van der Waals surface area (Å²) in [7, 11) is 0. The second kappa shape index (κ2) is 7.98. The summed E-state index contributed by atoms with van der Waals surface area (Å²) in [6.07, 6.45) is 10.4. The quantitative estimate of drug-likeness (QED) is 0.861. The molecule has 1 aliphatic heterocycles. The summed E-state index contributed by atoms with van der Waals surface area (Å²) in [5.41, 5.74) is 3.11. The normalized spacial score (nSPS) is 21.3. The highest BCUT2D eigenvalue weighted by Gasteiger charge is 2.37. The van der Waals surface area contributed by atoms with Gasteiger partial charge in [0.2, 0.25) is 0 Å². The Labute approximate surface area is 157 Å². The number of hydrogen-bond acceptors (Lipinski definition) is 2. The predicted octanol–water partition coefficient (Wildman–Crippen LogP) is 4.45. The molecular weight excluding hydrogens is 320 g/mol. The highest BCUT2D eigenvalue weighted by Crippen LogP contribution is 2.46. The molecule has 1 aliphatic carbocycles. The molecule has 1 spiro atoms. The number of aromatic nitrogens is 1. The van der Waals surface area contributed by atoms with Crippen LogP contribution in [0.2, 0.25) is 0 Å². The summed E-state index contributed by atoms with van der Waals surface area (Å²) in [6, 6.07) is 15.0. The van der Waals surface area contributed by atoms with E-state index in [-0.39, 0.29) is 6.61 Å². The molecule has 2 aromatic rings. The largest absolute Gasteiger partial charge is 0.390 e. The lowest BCUT2D eigenvalue weighted by Gasteiger charge is -2.46. The first kappa shape index (κ1) is 17.8. The third-order valence-electron chi connectivity index (χ3n) is 6.87. The Balaban J connectivity index is 1.26. The second-order valence-electron chi connectivity index (χ2n) is 8.52. The van der Waals surface area contributed by atoms with Crippen molar-refractivity contribution in [3.63, 3.8) is 0 Å². The van der Waals surface area contributed by atoms with Crippen molar-refractivity contribution in [3.8, 4) is 0 Å². The van der Waals surface area contributed by atoms with Crippen LogP contribution in [-0.4, -0.2) is 27.7 Å². The zero-order valence-electron chi connectivity index (χ0n) is 15.8. The van der Waals surface area contributed by atoms with Crippen LogP contribution in [0.15, 0.2) is 48.7 Å². The van der Waals surface area contributed by atoms with Gasteiger partial charge in [-0.25, -0.2) is 0 Å². The fraction of sp³-hybridized carbons (Fsp3) is 0.565. The fourth-order valence-electron chi connectivity index (χ4n) is 5.05. The smallest absolute Gasteiger partial charge is 0.0832 e. The number of piperidine rings is 1. The fourth-order valence-corrected chi connectivity index (χ4v) is 5.05. The van der Waals surface area contributed by atoms with E-state index in [9.17, 15) is 5.11 Å². The summed E-state index contributed by atoms with van der Waals surface area (Å²) in [5, 5.41) is 9.44. The van der Waals surface area contributed by atoms with Crippen LogP contribution in [0.4, 0.5) is 0 Å². The van der Waals surface area contributed by atoms with E-state index in [1.807, 2.05) is 6.07 Å². The Morgan fingerprint density at radius 3 is 2.35 bits per heavy atom. The molecule has 1 saturated heterocycles. The van der Waals surface area contributed by atoms with E-state index in [0.29, 0.717) is 5.41 Å². The lowest BCUT2D eigenvalue weighted by molar-refractivity contribution is 0.0459. The number of aliphatic hydroxyl groups is 1. The van der Waals surface area contributed by atoms with Crippen LogP contribution in [-0.2, 0) is 19.7 Å². The zero-order chi connectivity index (χ0) is 17.8. The van der Waals surface area contributed by atoms with E-state index in [0.717, 1.165) is 24.7 Å². The third kappa shape index (κ3) is 4.05. The third-order valence-corrected chi connectivity index (χ3v) is 6.87. The molecule has 2 fully saturated rings. The van der Waals surface area contributed by atoms with Gasteiger partial charge in [-0.1, -0.05) is 30.3 Å². The molecule has 0 atom stereocenters. The number of likely N-dealkylation sites (tertiary alicyclic amines) is 1. The van der Waals surface area contributed by atoms with Crippen molar-refractivity contribution < 1.29 is 5.11 Å². The molecule has 26 heavy (non-hydrogen) atoms. The molecular formula is C23H32N2O. The Kier molecular flexibility index (Phi) is 5.46. The summed E-state index contributed by atoms with van der Waals surface area (Å²) >= 11 is 0. The van der Waals surface area contributed by atoms with Crippen LogP contribution in [0, 0.1) is 11.3 Å². The molecule has 2 aliphatic rings. The molecule has 0 amide bonds. The standard InChI is InChI=1S/C23H32N2O/c26-19-22-7-4-14-25(22)18-21-8-10-23(11-9-21)12-15-24(16-13-23)17-20-5-2-1-3-6-20/h1-7,14,21,26H,8-13,15-19H2. The molecule has 2 heterocycles. The molecule has 3 heteroatoms. The van der Waals surface area contributed by atoms with Gasteiger partial charge in [-0.15, -0.1) is 0 Å². The van der Waals surface area contributed by atoms with Gasteiger partial charge in [0, 0.05) is 25.0 Å². The van der Waals surface area contributed by atoms with Crippen molar-refractivity contribution in [1.82, 2.24) is 9.47 Å². The highest BCUT2D eigenvalue weighted by molar-refractivity contribution is 5.14. The van der Waals surface area contributed by atoms with Crippen LogP contribution < -0.4 is 0 Å². The van der Waals surface area contributed by atoms with Gasteiger partial charge in [-0.3, -0.25) is 4.90 Å². The van der Waals surface area contributed by atoms with E-state index in [2.05, 4.69) is 52.1 Å². The summed E-state index contributed by atoms with van der Waals surface area (Å²) < 4.78 is 2.26. The Morgan fingerprint density at radius 2 is 1.65 bits per heavy atom. The van der Waals surface area contributed by atoms with Gasteiger partial charge < -0.3 is 9.67 Å². The minimum Gasteiger partial charge on any atom is -0.390 e. The maximum Gasteiger partial charge on any atom is 0.0832 e. The average molecular weight is 353 g/mol.